The summed E-state index contributed by atoms with van der Waals surface area (Å²) >= 11 is 0. The van der Waals surface area contributed by atoms with Crippen molar-refractivity contribution >= 4 is 6.08 Å². The molecule has 2 nitrogen and oxygen atoms in total. The maximum Gasteiger partial charge on any atom is 0.235 e. The van der Waals surface area contributed by atoms with Gasteiger partial charge in [0.05, 0.1) is 6.04 Å². The molecule has 1 unspecified atom stereocenters. The summed E-state index contributed by atoms with van der Waals surface area (Å²) in [4.78, 5) is 13.6. The quantitative estimate of drug-likeness (QED) is 0.510. The van der Waals surface area contributed by atoms with Crippen molar-refractivity contribution < 1.29 is 4.79 Å². The Labute approximate surface area is 78.3 Å². The second kappa shape index (κ2) is 5.28. The summed E-state index contributed by atoms with van der Waals surface area (Å²) in [5.74, 6) is 0. The Morgan fingerprint density at radius 1 is 1.38 bits per heavy atom. The van der Waals surface area contributed by atoms with E-state index in [0.717, 1.165) is 12.8 Å². The standard InChI is InChI=1S/C11H13NO/c1-10(12-9-13)7-8-11-5-3-2-4-6-11/h2-6,10H,7-8H2,1H3. The van der Waals surface area contributed by atoms with Crippen molar-refractivity contribution in [3.63, 3.8) is 0 Å². The number of nitrogens with zero attached hydrogens (tertiary/aromatic N) is 1. The van der Waals surface area contributed by atoms with Gasteiger partial charge in [0, 0.05) is 0 Å². The van der Waals surface area contributed by atoms with Gasteiger partial charge in [-0.2, -0.15) is 0 Å². The average molecular weight is 175 g/mol. The lowest BCUT2D eigenvalue weighted by molar-refractivity contribution is 0.555. The highest BCUT2D eigenvalue weighted by Crippen LogP contribution is 2.05. The van der Waals surface area contributed by atoms with Gasteiger partial charge in [0.2, 0.25) is 6.08 Å². The van der Waals surface area contributed by atoms with Crippen LogP contribution in [-0.2, 0) is 11.2 Å². The molecule has 1 rings (SSSR count). The second-order valence-corrected chi connectivity index (χ2v) is 3.09. The molecule has 0 heterocycles. The van der Waals surface area contributed by atoms with Crippen molar-refractivity contribution in [2.75, 3.05) is 0 Å². The number of benzene rings is 1. The topological polar surface area (TPSA) is 29.4 Å². The third kappa shape index (κ3) is 3.68. The maximum absolute atomic E-state index is 9.93. The van der Waals surface area contributed by atoms with Gasteiger partial charge in [0.1, 0.15) is 0 Å². The molecule has 1 atom stereocenters. The summed E-state index contributed by atoms with van der Waals surface area (Å²) in [7, 11) is 0. The molecule has 0 aliphatic heterocycles. The van der Waals surface area contributed by atoms with Crippen molar-refractivity contribution in [2.24, 2.45) is 4.99 Å². The minimum atomic E-state index is 0.0812. The Balaban J connectivity index is 2.39. The Morgan fingerprint density at radius 3 is 2.69 bits per heavy atom. The van der Waals surface area contributed by atoms with Crippen LogP contribution in [0.25, 0.3) is 0 Å². The van der Waals surface area contributed by atoms with Crippen LogP contribution in [-0.4, -0.2) is 12.1 Å². The van der Waals surface area contributed by atoms with Gasteiger partial charge in [0.15, 0.2) is 0 Å². The molecule has 13 heavy (non-hydrogen) atoms. The van der Waals surface area contributed by atoms with Crippen molar-refractivity contribution in [1.82, 2.24) is 0 Å². The van der Waals surface area contributed by atoms with Crippen LogP contribution in [0.2, 0.25) is 0 Å². The number of aliphatic imine (C=N–C) groups is 1. The Morgan fingerprint density at radius 2 is 2.08 bits per heavy atom. The number of hydrogen-bond acceptors (Lipinski definition) is 2. The summed E-state index contributed by atoms with van der Waals surface area (Å²) in [6.07, 6.45) is 3.45. The first kappa shape index (κ1) is 9.69. The summed E-state index contributed by atoms with van der Waals surface area (Å²) in [6.45, 7) is 1.92. The van der Waals surface area contributed by atoms with Crippen LogP contribution < -0.4 is 0 Å². The lowest BCUT2D eigenvalue weighted by atomic mass is 10.1. The van der Waals surface area contributed by atoms with Gasteiger partial charge in [0.25, 0.3) is 0 Å². The predicted octanol–water partition coefficient (Wildman–Crippen LogP) is 2.34. The molecular weight excluding hydrogens is 162 g/mol. The average Bonchev–Trinajstić information content (AvgIpc) is 2.17. The summed E-state index contributed by atoms with van der Waals surface area (Å²) < 4.78 is 0. The van der Waals surface area contributed by atoms with Gasteiger partial charge in [-0.15, -0.1) is 0 Å². The van der Waals surface area contributed by atoms with Crippen LogP contribution >= 0.6 is 0 Å². The van der Waals surface area contributed by atoms with Crippen LogP contribution in [0.3, 0.4) is 0 Å². The number of isocyanates is 1. The first-order valence-electron chi connectivity index (χ1n) is 4.44. The highest BCUT2D eigenvalue weighted by molar-refractivity contribution is 5.33. The van der Waals surface area contributed by atoms with Crippen LogP contribution in [0.4, 0.5) is 0 Å². The van der Waals surface area contributed by atoms with E-state index in [1.54, 1.807) is 6.08 Å². The smallest absolute Gasteiger partial charge is 0.211 e. The summed E-state index contributed by atoms with van der Waals surface area (Å²) in [5, 5.41) is 0. The molecule has 0 aliphatic rings. The molecular formula is C11H13NO. The van der Waals surface area contributed by atoms with Gasteiger partial charge in [-0.25, -0.2) is 9.79 Å². The van der Waals surface area contributed by atoms with Gasteiger partial charge in [-0.05, 0) is 25.3 Å². The molecule has 0 saturated carbocycles. The summed E-state index contributed by atoms with van der Waals surface area (Å²) in [5.41, 5.74) is 1.29. The highest BCUT2D eigenvalue weighted by Gasteiger charge is 1.98. The molecule has 0 amide bonds. The molecule has 0 aromatic heterocycles. The maximum atomic E-state index is 9.93. The highest BCUT2D eigenvalue weighted by atomic mass is 16.1. The van der Waals surface area contributed by atoms with Crippen LogP contribution in [0.1, 0.15) is 18.9 Å². The lowest BCUT2D eigenvalue weighted by Gasteiger charge is -2.03. The van der Waals surface area contributed by atoms with Gasteiger partial charge in [-0.3, -0.25) is 0 Å². The van der Waals surface area contributed by atoms with Gasteiger partial charge >= 0.3 is 0 Å². The minimum Gasteiger partial charge on any atom is -0.211 e. The number of rotatable bonds is 4. The fraction of sp³-hybridized carbons (Fsp3) is 0.364. The van der Waals surface area contributed by atoms with Gasteiger partial charge < -0.3 is 0 Å². The molecule has 1 aromatic carbocycles. The molecule has 0 bridgehead atoms. The van der Waals surface area contributed by atoms with E-state index in [1.165, 1.54) is 5.56 Å². The predicted molar refractivity (Wildman–Crippen MR) is 52.3 cm³/mol. The number of carbonyl (C=O) groups excluding carboxylic acids is 1. The molecule has 0 radical (unpaired) electrons. The Hall–Kier alpha value is -1.40. The molecule has 0 fully saturated rings. The van der Waals surface area contributed by atoms with E-state index in [2.05, 4.69) is 17.1 Å². The van der Waals surface area contributed by atoms with Crippen molar-refractivity contribution in [3.05, 3.63) is 35.9 Å². The molecule has 1 aromatic rings. The zero-order valence-corrected chi connectivity index (χ0v) is 7.73. The Bertz CT molecular complexity index is 288. The molecule has 0 N–H and O–H groups in total. The lowest BCUT2D eigenvalue weighted by Crippen LogP contribution is -1.99. The van der Waals surface area contributed by atoms with Crippen molar-refractivity contribution in [2.45, 2.75) is 25.8 Å². The zero-order valence-electron chi connectivity index (χ0n) is 7.73. The number of hydrogen-bond donors (Lipinski definition) is 0. The first-order valence-corrected chi connectivity index (χ1v) is 4.44. The van der Waals surface area contributed by atoms with E-state index in [9.17, 15) is 4.79 Å². The van der Waals surface area contributed by atoms with E-state index >= 15 is 0 Å². The fourth-order valence-corrected chi connectivity index (χ4v) is 1.17. The minimum absolute atomic E-state index is 0.0812. The van der Waals surface area contributed by atoms with Crippen LogP contribution in [0.15, 0.2) is 35.3 Å². The monoisotopic (exact) mass is 175 g/mol. The zero-order chi connectivity index (χ0) is 9.52. The Kier molecular flexibility index (Phi) is 3.94. The third-order valence-corrected chi connectivity index (χ3v) is 1.97. The van der Waals surface area contributed by atoms with E-state index in [-0.39, 0.29) is 6.04 Å². The summed E-state index contributed by atoms with van der Waals surface area (Å²) in [6, 6.07) is 10.3. The number of aryl methyl sites for hydroxylation is 1. The second-order valence-electron chi connectivity index (χ2n) is 3.09. The van der Waals surface area contributed by atoms with E-state index < -0.39 is 0 Å². The van der Waals surface area contributed by atoms with Crippen molar-refractivity contribution in [3.8, 4) is 0 Å². The van der Waals surface area contributed by atoms with Crippen molar-refractivity contribution in [1.29, 1.82) is 0 Å². The van der Waals surface area contributed by atoms with E-state index in [0.29, 0.717) is 0 Å². The SMILES string of the molecule is CC(CCc1ccccc1)N=C=O. The van der Waals surface area contributed by atoms with E-state index in [4.69, 9.17) is 0 Å². The molecule has 0 spiro atoms. The first-order chi connectivity index (χ1) is 6.33. The molecule has 68 valence electrons. The van der Waals surface area contributed by atoms with Crippen LogP contribution in [0, 0.1) is 0 Å². The molecule has 0 saturated heterocycles. The van der Waals surface area contributed by atoms with E-state index in [1.807, 2.05) is 25.1 Å². The molecule has 0 aliphatic carbocycles. The van der Waals surface area contributed by atoms with Gasteiger partial charge in [-0.1, -0.05) is 30.3 Å². The normalized spacial score (nSPS) is 11.8. The largest absolute Gasteiger partial charge is 0.235 e. The molecule has 2 heteroatoms. The third-order valence-electron chi connectivity index (χ3n) is 1.97. The van der Waals surface area contributed by atoms with Crippen LogP contribution in [0.5, 0.6) is 0 Å². The fourth-order valence-electron chi connectivity index (χ4n) is 1.17.